The summed E-state index contributed by atoms with van der Waals surface area (Å²) in [4.78, 5) is 38.1. The molecule has 0 spiro atoms. The number of benzene rings is 3. The van der Waals surface area contributed by atoms with E-state index in [1.165, 1.54) is 0 Å². The number of hydrogen-bond donors (Lipinski definition) is 1. The summed E-state index contributed by atoms with van der Waals surface area (Å²) in [7, 11) is 1.58. The van der Waals surface area contributed by atoms with Gasteiger partial charge in [0.25, 0.3) is 11.8 Å². The molecule has 0 bridgehead atoms. The van der Waals surface area contributed by atoms with Gasteiger partial charge in [0.15, 0.2) is 0 Å². The number of carbonyl (C=O) groups is 3. The molecule has 0 saturated heterocycles. The van der Waals surface area contributed by atoms with Gasteiger partial charge in [-0.3, -0.25) is 19.3 Å². The molecule has 1 aliphatic heterocycles. The second kappa shape index (κ2) is 6.81. The first kappa shape index (κ1) is 17.7. The van der Waals surface area contributed by atoms with Gasteiger partial charge in [0.2, 0.25) is 0 Å². The molecule has 3 aromatic carbocycles. The standard InChI is InChI=1S/C22H17NO5/c1-28-16-9-8-13-10-15(7-6-14(13)11-16)19(22(26)27)12-23-20(24)17-4-2-3-5-18(17)21(23)25/h2-11,19H,12H2,1H3,(H,26,27)/t19-/m1/s1. The van der Waals surface area contributed by atoms with Gasteiger partial charge in [-0.25, -0.2) is 0 Å². The fourth-order valence-corrected chi connectivity index (χ4v) is 3.50. The van der Waals surface area contributed by atoms with Gasteiger partial charge in [0, 0.05) is 6.54 Å². The minimum atomic E-state index is -1.09. The second-order valence-electron chi connectivity index (χ2n) is 6.63. The Kier molecular flexibility index (Phi) is 4.31. The first-order chi connectivity index (χ1) is 13.5. The molecule has 1 N–H and O–H groups in total. The number of carboxylic acid groups (broad SMARTS) is 1. The minimum absolute atomic E-state index is 0.219. The molecule has 0 aromatic heterocycles. The van der Waals surface area contributed by atoms with Crippen LogP contribution in [0, 0.1) is 0 Å². The summed E-state index contributed by atoms with van der Waals surface area (Å²) in [6.45, 7) is -0.219. The highest BCUT2D eigenvalue weighted by Gasteiger charge is 2.38. The van der Waals surface area contributed by atoms with E-state index in [9.17, 15) is 19.5 Å². The number of amides is 2. The molecule has 0 radical (unpaired) electrons. The summed E-state index contributed by atoms with van der Waals surface area (Å²) in [6, 6.07) is 17.3. The molecule has 140 valence electrons. The minimum Gasteiger partial charge on any atom is -0.497 e. The molecule has 1 aliphatic rings. The number of imide groups is 1. The van der Waals surface area contributed by atoms with Gasteiger partial charge in [0.05, 0.1) is 24.2 Å². The molecule has 4 rings (SSSR count). The molecule has 0 aliphatic carbocycles. The van der Waals surface area contributed by atoms with Crippen LogP contribution < -0.4 is 4.74 Å². The molecule has 3 aromatic rings. The zero-order valence-electron chi connectivity index (χ0n) is 15.1. The van der Waals surface area contributed by atoms with E-state index in [4.69, 9.17) is 4.74 Å². The summed E-state index contributed by atoms with van der Waals surface area (Å²) in [5.74, 6) is -2.33. The smallest absolute Gasteiger partial charge is 0.312 e. The zero-order valence-corrected chi connectivity index (χ0v) is 15.1. The van der Waals surface area contributed by atoms with Crippen molar-refractivity contribution in [3.05, 3.63) is 77.4 Å². The highest BCUT2D eigenvalue weighted by Crippen LogP contribution is 2.29. The van der Waals surface area contributed by atoms with E-state index in [-0.39, 0.29) is 6.54 Å². The lowest BCUT2D eigenvalue weighted by molar-refractivity contribution is -0.138. The SMILES string of the molecule is COc1ccc2cc([C@@H](CN3C(=O)c4ccccc4C3=O)C(=O)O)ccc2c1. The average Bonchev–Trinajstić information content (AvgIpc) is 2.95. The second-order valence-corrected chi connectivity index (χ2v) is 6.63. The molecule has 6 heteroatoms. The predicted octanol–water partition coefficient (Wildman–Crippen LogP) is 3.31. The van der Waals surface area contributed by atoms with E-state index in [1.807, 2.05) is 18.2 Å². The van der Waals surface area contributed by atoms with E-state index in [2.05, 4.69) is 0 Å². The molecular weight excluding hydrogens is 358 g/mol. The van der Waals surface area contributed by atoms with E-state index in [1.54, 1.807) is 49.6 Å². The molecule has 0 saturated carbocycles. The Morgan fingerprint density at radius 3 is 2.18 bits per heavy atom. The molecular formula is C22H17NO5. The number of carbonyl (C=O) groups excluding carboxylic acids is 2. The maximum absolute atomic E-state index is 12.6. The summed E-state index contributed by atoms with van der Waals surface area (Å²) < 4.78 is 5.21. The van der Waals surface area contributed by atoms with Crippen LogP contribution in [0.1, 0.15) is 32.2 Å². The lowest BCUT2D eigenvalue weighted by Crippen LogP contribution is -2.36. The number of nitrogens with zero attached hydrogens (tertiary/aromatic N) is 1. The van der Waals surface area contributed by atoms with Crippen LogP contribution in [0.2, 0.25) is 0 Å². The van der Waals surface area contributed by atoms with Crippen LogP contribution in [-0.4, -0.2) is 41.4 Å². The third kappa shape index (κ3) is 2.89. The number of rotatable bonds is 5. The van der Waals surface area contributed by atoms with Gasteiger partial charge in [-0.2, -0.15) is 0 Å². The number of hydrogen-bond acceptors (Lipinski definition) is 4. The van der Waals surface area contributed by atoms with Crippen LogP contribution in [-0.2, 0) is 4.79 Å². The molecule has 6 nitrogen and oxygen atoms in total. The first-order valence-corrected chi connectivity index (χ1v) is 8.75. The van der Waals surface area contributed by atoms with E-state index >= 15 is 0 Å². The van der Waals surface area contributed by atoms with E-state index in [0.717, 1.165) is 15.7 Å². The molecule has 28 heavy (non-hydrogen) atoms. The van der Waals surface area contributed by atoms with Crippen molar-refractivity contribution in [2.45, 2.75) is 5.92 Å². The number of aliphatic carboxylic acids is 1. The maximum atomic E-state index is 12.6. The zero-order chi connectivity index (χ0) is 19.8. The van der Waals surface area contributed by atoms with Crippen molar-refractivity contribution in [3.63, 3.8) is 0 Å². The number of methoxy groups -OCH3 is 1. The van der Waals surface area contributed by atoms with Crippen molar-refractivity contribution in [1.29, 1.82) is 0 Å². The third-order valence-corrected chi connectivity index (χ3v) is 5.02. The molecule has 2 amide bonds. The van der Waals surface area contributed by atoms with Crippen molar-refractivity contribution in [3.8, 4) is 5.75 Å². The van der Waals surface area contributed by atoms with Crippen LogP contribution in [0.4, 0.5) is 0 Å². The highest BCUT2D eigenvalue weighted by molar-refractivity contribution is 6.21. The fraction of sp³-hybridized carbons (Fsp3) is 0.136. The topological polar surface area (TPSA) is 83.9 Å². The Morgan fingerprint density at radius 1 is 0.964 bits per heavy atom. The summed E-state index contributed by atoms with van der Waals surface area (Å²) in [6.07, 6.45) is 0. The average molecular weight is 375 g/mol. The fourth-order valence-electron chi connectivity index (χ4n) is 3.50. The summed E-state index contributed by atoms with van der Waals surface area (Å²) >= 11 is 0. The van der Waals surface area contributed by atoms with E-state index < -0.39 is 23.7 Å². The lowest BCUT2D eigenvalue weighted by Gasteiger charge is -2.20. The van der Waals surface area contributed by atoms with Crippen LogP contribution in [0.3, 0.4) is 0 Å². The van der Waals surface area contributed by atoms with Gasteiger partial charge in [-0.05, 0) is 40.6 Å². The normalized spacial score (nSPS) is 14.2. The van der Waals surface area contributed by atoms with Gasteiger partial charge in [-0.15, -0.1) is 0 Å². The third-order valence-electron chi connectivity index (χ3n) is 5.02. The van der Waals surface area contributed by atoms with Crippen molar-refractivity contribution >= 4 is 28.6 Å². The molecule has 0 unspecified atom stereocenters. The number of fused-ring (bicyclic) bond motifs is 2. The van der Waals surface area contributed by atoms with Crippen molar-refractivity contribution < 1.29 is 24.2 Å². The summed E-state index contributed by atoms with van der Waals surface area (Å²) in [5.41, 5.74) is 1.14. The van der Waals surface area contributed by atoms with Gasteiger partial charge >= 0.3 is 5.97 Å². The molecule has 0 fully saturated rings. The molecule has 1 heterocycles. The maximum Gasteiger partial charge on any atom is 0.312 e. The Balaban J connectivity index is 1.67. The number of ether oxygens (including phenoxy) is 1. The number of carboxylic acids is 1. The van der Waals surface area contributed by atoms with Crippen molar-refractivity contribution in [2.75, 3.05) is 13.7 Å². The summed E-state index contributed by atoms with van der Waals surface area (Å²) in [5, 5.41) is 11.5. The Bertz CT molecular complexity index is 1090. The van der Waals surface area contributed by atoms with Crippen molar-refractivity contribution in [1.82, 2.24) is 4.90 Å². The van der Waals surface area contributed by atoms with E-state index in [0.29, 0.717) is 22.4 Å². The first-order valence-electron chi connectivity index (χ1n) is 8.75. The largest absolute Gasteiger partial charge is 0.497 e. The molecule has 1 atom stereocenters. The quantitative estimate of drug-likeness (QED) is 0.692. The highest BCUT2D eigenvalue weighted by atomic mass is 16.5. The monoisotopic (exact) mass is 375 g/mol. The lowest BCUT2D eigenvalue weighted by atomic mass is 9.95. The Labute approximate surface area is 161 Å². The predicted molar refractivity (Wildman–Crippen MR) is 103 cm³/mol. The van der Waals surface area contributed by atoms with Crippen molar-refractivity contribution in [2.24, 2.45) is 0 Å². The Morgan fingerprint density at radius 2 is 1.57 bits per heavy atom. The Hall–Kier alpha value is -3.67. The van der Waals surface area contributed by atoms with Crippen LogP contribution in [0.5, 0.6) is 5.75 Å². The van der Waals surface area contributed by atoms with Gasteiger partial charge in [0.1, 0.15) is 5.75 Å². The van der Waals surface area contributed by atoms with Crippen LogP contribution in [0.25, 0.3) is 10.8 Å². The van der Waals surface area contributed by atoms with Crippen LogP contribution in [0.15, 0.2) is 60.7 Å². The van der Waals surface area contributed by atoms with Crippen LogP contribution >= 0.6 is 0 Å². The van der Waals surface area contributed by atoms with Gasteiger partial charge in [-0.1, -0.05) is 36.4 Å². The van der Waals surface area contributed by atoms with Gasteiger partial charge < -0.3 is 9.84 Å².